The van der Waals surface area contributed by atoms with Crippen LogP contribution in [0.25, 0.3) is 0 Å². The molecule has 0 bridgehead atoms. The smallest absolute Gasteiger partial charge is 0.137 e. The van der Waals surface area contributed by atoms with E-state index in [0.717, 1.165) is 25.2 Å². The monoisotopic (exact) mass is 328 g/mol. The Morgan fingerprint density at radius 3 is 2.84 bits per heavy atom. The molecule has 0 aromatic heterocycles. The molecule has 0 aliphatic heterocycles. The van der Waals surface area contributed by atoms with E-state index in [0.29, 0.717) is 16.4 Å². The molecular formula is C15H22BrFN2. The van der Waals surface area contributed by atoms with Gasteiger partial charge in [0.05, 0.1) is 4.47 Å². The van der Waals surface area contributed by atoms with E-state index in [2.05, 4.69) is 27.8 Å². The van der Waals surface area contributed by atoms with E-state index in [1.807, 2.05) is 12.1 Å². The summed E-state index contributed by atoms with van der Waals surface area (Å²) in [4.78, 5) is 2.48. The van der Waals surface area contributed by atoms with Crippen molar-refractivity contribution in [2.75, 3.05) is 13.1 Å². The molecule has 2 atom stereocenters. The molecule has 1 aliphatic carbocycles. The molecule has 1 saturated carbocycles. The van der Waals surface area contributed by atoms with Crippen molar-refractivity contribution in [1.29, 1.82) is 0 Å². The predicted octanol–water partition coefficient (Wildman–Crippen LogP) is 3.54. The highest BCUT2D eigenvalue weighted by Gasteiger charge is 2.30. The van der Waals surface area contributed by atoms with Crippen molar-refractivity contribution in [3.05, 3.63) is 34.1 Å². The van der Waals surface area contributed by atoms with Gasteiger partial charge in [-0.3, -0.25) is 4.90 Å². The standard InChI is InChI=1S/C15H22BrFN2/c1-2-19(15-5-3-4-12(15)9-18)10-11-6-7-14(17)13(16)8-11/h6-8,12,15H,2-5,9-10,18H2,1H3. The minimum absolute atomic E-state index is 0.201. The van der Waals surface area contributed by atoms with Crippen LogP contribution in [0.1, 0.15) is 31.7 Å². The fraction of sp³-hybridized carbons (Fsp3) is 0.600. The number of nitrogens with zero attached hydrogens (tertiary/aromatic N) is 1. The van der Waals surface area contributed by atoms with Gasteiger partial charge in [0, 0.05) is 12.6 Å². The Kier molecular flexibility index (Phi) is 5.37. The Balaban J connectivity index is 2.08. The van der Waals surface area contributed by atoms with Gasteiger partial charge in [0.1, 0.15) is 5.82 Å². The maximum Gasteiger partial charge on any atom is 0.137 e. The van der Waals surface area contributed by atoms with Crippen LogP contribution in [0.3, 0.4) is 0 Å². The van der Waals surface area contributed by atoms with Crippen LogP contribution < -0.4 is 5.73 Å². The third-order valence-electron chi connectivity index (χ3n) is 4.17. The topological polar surface area (TPSA) is 29.3 Å². The van der Waals surface area contributed by atoms with Crippen LogP contribution in [0.2, 0.25) is 0 Å². The van der Waals surface area contributed by atoms with E-state index in [-0.39, 0.29) is 5.82 Å². The third kappa shape index (κ3) is 3.56. The molecule has 2 unspecified atom stereocenters. The Morgan fingerprint density at radius 1 is 1.42 bits per heavy atom. The van der Waals surface area contributed by atoms with Crippen LogP contribution in [0.4, 0.5) is 4.39 Å². The highest BCUT2D eigenvalue weighted by atomic mass is 79.9. The molecule has 0 saturated heterocycles. The molecule has 0 spiro atoms. The largest absolute Gasteiger partial charge is 0.330 e. The molecule has 106 valence electrons. The van der Waals surface area contributed by atoms with Crippen molar-refractivity contribution < 1.29 is 4.39 Å². The summed E-state index contributed by atoms with van der Waals surface area (Å²) >= 11 is 3.25. The number of rotatable bonds is 5. The summed E-state index contributed by atoms with van der Waals surface area (Å²) in [5, 5.41) is 0. The average molecular weight is 329 g/mol. The van der Waals surface area contributed by atoms with E-state index in [1.165, 1.54) is 25.3 Å². The second-order valence-corrected chi connectivity index (χ2v) is 6.16. The van der Waals surface area contributed by atoms with Crippen LogP contribution in [0.5, 0.6) is 0 Å². The summed E-state index contributed by atoms with van der Waals surface area (Å²) in [5.74, 6) is 0.413. The van der Waals surface area contributed by atoms with Gasteiger partial charge in [-0.15, -0.1) is 0 Å². The minimum Gasteiger partial charge on any atom is -0.330 e. The van der Waals surface area contributed by atoms with Crippen molar-refractivity contribution in [2.45, 2.75) is 38.8 Å². The van der Waals surface area contributed by atoms with Crippen LogP contribution in [0.15, 0.2) is 22.7 Å². The first kappa shape index (κ1) is 14.9. The molecule has 2 N–H and O–H groups in total. The zero-order chi connectivity index (χ0) is 13.8. The molecule has 1 aliphatic rings. The van der Waals surface area contributed by atoms with Crippen molar-refractivity contribution in [3.8, 4) is 0 Å². The first-order valence-electron chi connectivity index (χ1n) is 7.03. The van der Waals surface area contributed by atoms with Crippen molar-refractivity contribution >= 4 is 15.9 Å². The van der Waals surface area contributed by atoms with Gasteiger partial charge >= 0.3 is 0 Å². The van der Waals surface area contributed by atoms with E-state index >= 15 is 0 Å². The van der Waals surface area contributed by atoms with Gasteiger partial charge in [0.15, 0.2) is 0 Å². The molecule has 4 heteroatoms. The van der Waals surface area contributed by atoms with Crippen molar-refractivity contribution in [2.24, 2.45) is 11.7 Å². The molecular weight excluding hydrogens is 307 g/mol. The van der Waals surface area contributed by atoms with Crippen LogP contribution in [0, 0.1) is 11.7 Å². The first-order chi connectivity index (χ1) is 9.15. The summed E-state index contributed by atoms with van der Waals surface area (Å²) < 4.78 is 13.8. The van der Waals surface area contributed by atoms with E-state index in [4.69, 9.17) is 5.73 Å². The molecule has 19 heavy (non-hydrogen) atoms. The van der Waals surface area contributed by atoms with Crippen LogP contribution in [-0.4, -0.2) is 24.0 Å². The number of hydrogen-bond acceptors (Lipinski definition) is 2. The van der Waals surface area contributed by atoms with Gasteiger partial charge in [-0.25, -0.2) is 4.39 Å². The lowest BCUT2D eigenvalue weighted by Crippen LogP contribution is -2.39. The molecule has 1 aromatic rings. The molecule has 2 rings (SSSR count). The van der Waals surface area contributed by atoms with Gasteiger partial charge in [0.2, 0.25) is 0 Å². The third-order valence-corrected chi connectivity index (χ3v) is 4.77. The van der Waals surface area contributed by atoms with Gasteiger partial charge < -0.3 is 5.73 Å². The first-order valence-corrected chi connectivity index (χ1v) is 7.83. The van der Waals surface area contributed by atoms with Crippen molar-refractivity contribution in [1.82, 2.24) is 4.90 Å². The predicted molar refractivity (Wildman–Crippen MR) is 80.4 cm³/mol. The molecule has 0 radical (unpaired) electrons. The average Bonchev–Trinajstić information content (AvgIpc) is 2.88. The molecule has 1 fully saturated rings. The maximum absolute atomic E-state index is 13.3. The number of nitrogens with two attached hydrogens (primary N) is 1. The maximum atomic E-state index is 13.3. The number of halogens is 2. The minimum atomic E-state index is -0.201. The Labute approximate surface area is 123 Å². The van der Waals surface area contributed by atoms with Crippen LogP contribution >= 0.6 is 15.9 Å². The normalized spacial score (nSPS) is 23.2. The molecule has 0 amide bonds. The number of benzene rings is 1. The quantitative estimate of drug-likeness (QED) is 0.895. The fourth-order valence-corrected chi connectivity index (χ4v) is 3.54. The van der Waals surface area contributed by atoms with Gasteiger partial charge in [-0.2, -0.15) is 0 Å². The van der Waals surface area contributed by atoms with Gasteiger partial charge in [-0.05, 0) is 65.5 Å². The summed E-state index contributed by atoms with van der Waals surface area (Å²) in [5.41, 5.74) is 7.02. The summed E-state index contributed by atoms with van der Waals surface area (Å²) in [7, 11) is 0. The number of hydrogen-bond donors (Lipinski definition) is 1. The summed E-state index contributed by atoms with van der Waals surface area (Å²) in [6.07, 6.45) is 3.75. The second kappa shape index (κ2) is 6.82. The lowest BCUT2D eigenvalue weighted by Gasteiger charge is -2.31. The zero-order valence-corrected chi connectivity index (χ0v) is 13.0. The summed E-state index contributed by atoms with van der Waals surface area (Å²) in [6.45, 7) is 4.84. The Hall–Kier alpha value is -0.450. The molecule has 0 heterocycles. The molecule has 1 aromatic carbocycles. The second-order valence-electron chi connectivity index (χ2n) is 5.31. The fourth-order valence-electron chi connectivity index (χ4n) is 3.11. The molecule has 2 nitrogen and oxygen atoms in total. The van der Waals surface area contributed by atoms with Crippen LogP contribution in [-0.2, 0) is 6.54 Å². The SMILES string of the molecule is CCN(Cc1ccc(F)c(Br)c1)C1CCCC1CN. The Morgan fingerprint density at radius 2 is 2.21 bits per heavy atom. The van der Waals surface area contributed by atoms with Crippen molar-refractivity contribution in [3.63, 3.8) is 0 Å². The van der Waals surface area contributed by atoms with Gasteiger partial charge in [0.25, 0.3) is 0 Å². The van der Waals surface area contributed by atoms with Gasteiger partial charge in [-0.1, -0.05) is 19.4 Å². The summed E-state index contributed by atoms with van der Waals surface area (Å²) in [6, 6.07) is 5.86. The van der Waals surface area contributed by atoms with E-state index < -0.39 is 0 Å². The highest BCUT2D eigenvalue weighted by molar-refractivity contribution is 9.10. The van der Waals surface area contributed by atoms with E-state index in [9.17, 15) is 4.39 Å². The highest BCUT2D eigenvalue weighted by Crippen LogP contribution is 2.30. The zero-order valence-electron chi connectivity index (χ0n) is 11.4. The van der Waals surface area contributed by atoms with E-state index in [1.54, 1.807) is 0 Å². The lowest BCUT2D eigenvalue weighted by atomic mass is 10.0. The Bertz CT molecular complexity index is 425. The lowest BCUT2D eigenvalue weighted by molar-refractivity contribution is 0.162.